The van der Waals surface area contributed by atoms with Crippen LogP contribution >= 0.6 is 22.9 Å². The molecule has 74 valence electrons. The van der Waals surface area contributed by atoms with Gasteiger partial charge < -0.3 is 10.7 Å². The van der Waals surface area contributed by atoms with Crippen molar-refractivity contribution >= 4 is 22.9 Å². The third-order valence-corrected chi connectivity index (χ3v) is 3.00. The Morgan fingerprint density at radius 1 is 1.64 bits per heavy atom. The third kappa shape index (κ3) is 1.82. The maximum Gasteiger partial charge on any atom is 0.123 e. The first-order valence-electron chi connectivity index (χ1n) is 4.21. The SMILES string of the molecule is CC(N)c1ncc(-c2csc(Cl)c2)[nH]1. The van der Waals surface area contributed by atoms with Crippen molar-refractivity contribution in [3.63, 3.8) is 0 Å². The van der Waals surface area contributed by atoms with E-state index in [4.69, 9.17) is 17.3 Å². The molecule has 1 unspecified atom stereocenters. The van der Waals surface area contributed by atoms with Crippen LogP contribution in [0.4, 0.5) is 0 Å². The summed E-state index contributed by atoms with van der Waals surface area (Å²) in [4.78, 5) is 7.34. The van der Waals surface area contributed by atoms with Crippen LogP contribution < -0.4 is 5.73 Å². The van der Waals surface area contributed by atoms with E-state index in [1.165, 1.54) is 11.3 Å². The second-order valence-corrected chi connectivity index (χ2v) is 4.65. The lowest BCUT2D eigenvalue weighted by Gasteiger charge is -1.97. The molecule has 5 heteroatoms. The van der Waals surface area contributed by atoms with E-state index in [1.807, 2.05) is 18.4 Å². The van der Waals surface area contributed by atoms with Crippen molar-refractivity contribution in [1.29, 1.82) is 0 Å². The van der Waals surface area contributed by atoms with Gasteiger partial charge in [-0.05, 0) is 13.0 Å². The molecule has 0 fully saturated rings. The highest BCUT2D eigenvalue weighted by Crippen LogP contribution is 2.27. The Balaban J connectivity index is 2.33. The molecule has 0 aliphatic heterocycles. The molecule has 0 amide bonds. The lowest BCUT2D eigenvalue weighted by molar-refractivity contribution is 0.756. The fourth-order valence-electron chi connectivity index (χ4n) is 1.17. The minimum atomic E-state index is -0.0714. The number of halogens is 1. The molecule has 2 rings (SSSR count). The van der Waals surface area contributed by atoms with E-state index in [0.717, 1.165) is 21.4 Å². The zero-order valence-electron chi connectivity index (χ0n) is 7.62. The average molecular weight is 228 g/mol. The zero-order valence-corrected chi connectivity index (χ0v) is 9.19. The molecule has 1 atom stereocenters. The second kappa shape index (κ2) is 3.73. The van der Waals surface area contributed by atoms with E-state index in [9.17, 15) is 0 Å². The first-order chi connectivity index (χ1) is 6.66. The molecule has 2 aromatic rings. The number of rotatable bonds is 2. The monoisotopic (exact) mass is 227 g/mol. The van der Waals surface area contributed by atoms with Crippen molar-refractivity contribution in [2.45, 2.75) is 13.0 Å². The predicted octanol–water partition coefficient (Wildman–Crippen LogP) is 2.81. The highest BCUT2D eigenvalue weighted by molar-refractivity contribution is 7.14. The third-order valence-electron chi connectivity index (χ3n) is 1.91. The van der Waals surface area contributed by atoms with Crippen LogP contribution in [0.3, 0.4) is 0 Å². The van der Waals surface area contributed by atoms with E-state index in [-0.39, 0.29) is 6.04 Å². The standard InChI is InChI=1S/C9H10ClN3S/c1-5(11)9-12-3-7(13-9)6-2-8(10)14-4-6/h2-5H,11H2,1H3,(H,12,13). The second-order valence-electron chi connectivity index (χ2n) is 3.11. The van der Waals surface area contributed by atoms with Gasteiger partial charge in [0, 0.05) is 10.9 Å². The van der Waals surface area contributed by atoms with Crippen molar-refractivity contribution in [3.8, 4) is 11.3 Å². The maximum atomic E-state index is 5.84. The van der Waals surface area contributed by atoms with E-state index >= 15 is 0 Å². The molecule has 0 aliphatic rings. The zero-order chi connectivity index (χ0) is 10.1. The number of aromatic amines is 1. The summed E-state index contributed by atoms with van der Waals surface area (Å²) in [6, 6.07) is 1.84. The Hall–Kier alpha value is -0.840. The first kappa shape index (κ1) is 9.71. The lowest BCUT2D eigenvalue weighted by atomic mass is 10.3. The van der Waals surface area contributed by atoms with Gasteiger partial charge in [0.05, 0.1) is 22.3 Å². The fraction of sp³-hybridized carbons (Fsp3) is 0.222. The molecule has 0 saturated carbocycles. The Bertz CT molecular complexity index is 433. The van der Waals surface area contributed by atoms with Crippen LogP contribution in [0, 0.1) is 0 Å². The molecule has 0 spiro atoms. The number of hydrogen-bond acceptors (Lipinski definition) is 3. The Labute approximate surface area is 90.9 Å². The number of imidazole rings is 1. The predicted molar refractivity (Wildman–Crippen MR) is 59.5 cm³/mol. The summed E-state index contributed by atoms with van der Waals surface area (Å²) in [5.41, 5.74) is 7.71. The quantitative estimate of drug-likeness (QED) is 0.829. The number of hydrogen-bond donors (Lipinski definition) is 2. The van der Waals surface area contributed by atoms with E-state index in [2.05, 4.69) is 9.97 Å². The summed E-state index contributed by atoms with van der Waals surface area (Å²) < 4.78 is 0.775. The number of nitrogens with zero attached hydrogens (tertiary/aromatic N) is 1. The number of aromatic nitrogens is 2. The van der Waals surface area contributed by atoms with Gasteiger partial charge >= 0.3 is 0 Å². The van der Waals surface area contributed by atoms with Crippen LogP contribution in [0.2, 0.25) is 4.34 Å². The van der Waals surface area contributed by atoms with Gasteiger partial charge in [-0.15, -0.1) is 11.3 Å². The van der Waals surface area contributed by atoms with Gasteiger partial charge in [-0.25, -0.2) is 4.98 Å². The van der Waals surface area contributed by atoms with Crippen LogP contribution in [0.1, 0.15) is 18.8 Å². The Morgan fingerprint density at radius 2 is 2.43 bits per heavy atom. The minimum absolute atomic E-state index is 0.0714. The topological polar surface area (TPSA) is 54.7 Å². The van der Waals surface area contributed by atoms with Crippen LogP contribution in [-0.2, 0) is 0 Å². The van der Waals surface area contributed by atoms with Crippen LogP contribution in [0.15, 0.2) is 17.6 Å². The van der Waals surface area contributed by atoms with Gasteiger partial charge in [0.1, 0.15) is 5.82 Å². The number of nitrogens with two attached hydrogens (primary N) is 1. The number of nitrogens with one attached hydrogen (secondary N) is 1. The minimum Gasteiger partial charge on any atom is -0.341 e. The van der Waals surface area contributed by atoms with Crippen molar-refractivity contribution in [1.82, 2.24) is 9.97 Å². The molecule has 3 N–H and O–H groups in total. The highest BCUT2D eigenvalue weighted by Gasteiger charge is 2.07. The van der Waals surface area contributed by atoms with Crippen molar-refractivity contribution in [2.75, 3.05) is 0 Å². The molecule has 0 saturated heterocycles. The molecular weight excluding hydrogens is 218 g/mol. The summed E-state index contributed by atoms with van der Waals surface area (Å²) in [5, 5.41) is 1.99. The molecule has 2 aromatic heterocycles. The summed E-state index contributed by atoms with van der Waals surface area (Å²) in [6.45, 7) is 1.89. The number of H-pyrrole nitrogens is 1. The van der Waals surface area contributed by atoms with Crippen LogP contribution in [-0.4, -0.2) is 9.97 Å². The molecular formula is C9H10ClN3S. The van der Waals surface area contributed by atoms with E-state index in [0.29, 0.717) is 0 Å². The van der Waals surface area contributed by atoms with Gasteiger partial charge in [0.25, 0.3) is 0 Å². The summed E-state index contributed by atoms with van der Waals surface area (Å²) in [6.07, 6.45) is 1.77. The van der Waals surface area contributed by atoms with Gasteiger partial charge in [0.2, 0.25) is 0 Å². The molecule has 0 aromatic carbocycles. The van der Waals surface area contributed by atoms with Gasteiger partial charge in [-0.2, -0.15) is 0 Å². The van der Waals surface area contributed by atoms with E-state index in [1.54, 1.807) is 6.20 Å². The summed E-state index contributed by atoms with van der Waals surface area (Å²) >= 11 is 7.34. The summed E-state index contributed by atoms with van der Waals surface area (Å²) in [5.74, 6) is 0.794. The van der Waals surface area contributed by atoms with Crippen LogP contribution in [0.5, 0.6) is 0 Å². The smallest absolute Gasteiger partial charge is 0.123 e. The van der Waals surface area contributed by atoms with Gasteiger partial charge in [-0.1, -0.05) is 11.6 Å². The van der Waals surface area contributed by atoms with Crippen LogP contribution in [0.25, 0.3) is 11.3 Å². The molecule has 14 heavy (non-hydrogen) atoms. The Morgan fingerprint density at radius 3 is 2.93 bits per heavy atom. The molecule has 0 aliphatic carbocycles. The molecule has 2 heterocycles. The molecule has 0 radical (unpaired) electrons. The molecule has 3 nitrogen and oxygen atoms in total. The van der Waals surface area contributed by atoms with E-state index < -0.39 is 0 Å². The average Bonchev–Trinajstić information content (AvgIpc) is 2.70. The largest absolute Gasteiger partial charge is 0.341 e. The summed E-state index contributed by atoms with van der Waals surface area (Å²) in [7, 11) is 0. The maximum absolute atomic E-state index is 5.84. The van der Waals surface area contributed by atoms with Gasteiger partial charge in [-0.3, -0.25) is 0 Å². The van der Waals surface area contributed by atoms with Crippen molar-refractivity contribution < 1.29 is 0 Å². The van der Waals surface area contributed by atoms with Gasteiger partial charge in [0.15, 0.2) is 0 Å². The fourth-order valence-corrected chi connectivity index (χ4v) is 2.05. The van der Waals surface area contributed by atoms with Crippen molar-refractivity contribution in [2.24, 2.45) is 5.73 Å². The normalized spacial score (nSPS) is 13.1. The molecule has 0 bridgehead atoms. The van der Waals surface area contributed by atoms with Crippen molar-refractivity contribution in [3.05, 3.63) is 27.8 Å². The highest BCUT2D eigenvalue weighted by atomic mass is 35.5. The lowest BCUT2D eigenvalue weighted by Crippen LogP contribution is -2.06. The number of thiophene rings is 1. The Kier molecular flexibility index (Phi) is 2.58. The first-order valence-corrected chi connectivity index (χ1v) is 5.47.